The first-order valence-electron chi connectivity index (χ1n) is 9.67. The summed E-state index contributed by atoms with van der Waals surface area (Å²) in [6.07, 6.45) is 5.07. The minimum atomic E-state index is -0.456. The van der Waals surface area contributed by atoms with Gasteiger partial charge >= 0.3 is 0 Å². The Bertz CT molecular complexity index is 1330. The maximum Gasteiger partial charge on any atom is 0.262 e. The molecule has 0 fully saturated rings. The van der Waals surface area contributed by atoms with E-state index in [0.29, 0.717) is 17.9 Å². The van der Waals surface area contributed by atoms with E-state index >= 15 is 0 Å². The van der Waals surface area contributed by atoms with E-state index in [0.717, 1.165) is 22.0 Å². The first-order chi connectivity index (χ1) is 15.2. The molecule has 4 aromatic rings. The van der Waals surface area contributed by atoms with E-state index in [1.807, 2.05) is 48.7 Å². The van der Waals surface area contributed by atoms with Crippen LogP contribution in [0.15, 0.2) is 83.1 Å². The van der Waals surface area contributed by atoms with Crippen LogP contribution in [0.4, 0.5) is 0 Å². The highest BCUT2D eigenvalue weighted by Gasteiger charge is 2.13. The van der Waals surface area contributed by atoms with E-state index in [2.05, 4.69) is 16.0 Å². The molecule has 2 aromatic carbocycles. The third kappa shape index (κ3) is 4.39. The van der Waals surface area contributed by atoms with Crippen LogP contribution in [-0.2, 0) is 17.9 Å². The third-order valence-corrected chi connectivity index (χ3v) is 4.92. The van der Waals surface area contributed by atoms with Gasteiger partial charge in [0.05, 0.1) is 24.4 Å². The van der Waals surface area contributed by atoms with Gasteiger partial charge < -0.3 is 14.3 Å². The number of nitriles is 2. The lowest BCUT2D eigenvalue weighted by Gasteiger charge is -2.05. The van der Waals surface area contributed by atoms with Gasteiger partial charge in [-0.05, 0) is 42.0 Å². The predicted molar refractivity (Wildman–Crippen MR) is 116 cm³/mol. The number of para-hydroxylation sites is 1. The number of nitrogens with one attached hydrogen (secondary N) is 1. The van der Waals surface area contributed by atoms with Crippen LogP contribution in [0.5, 0.6) is 0 Å². The highest BCUT2D eigenvalue weighted by atomic mass is 16.3. The summed E-state index contributed by atoms with van der Waals surface area (Å²) in [4.78, 5) is 12.5. The van der Waals surface area contributed by atoms with E-state index in [4.69, 9.17) is 9.68 Å². The van der Waals surface area contributed by atoms with Crippen LogP contribution in [0.1, 0.15) is 22.5 Å². The maximum atomic E-state index is 12.5. The summed E-state index contributed by atoms with van der Waals surface area (Å²) in [6.45, 7) is 0.817. The molecule has 0 aliphatic heterocycles. The topological polar surface area (TPSA) is 94.8 Å². The van der Waals surface area contributed by atoms with Crippen LogP contribution in [0.2, 0.25) is 0 Å². The lowest BCUT2D eigenvalue weighted by molar-refractivity contribution is -0.117. The summed E-state index contributed by atoms with van der Waals surface area (Å²) < 4.78 is 7.28. The van der Waals surface area contributed by atoms with Crippen LogP contribution in [0.3, 0.4) is 0 Å². The lowest BCUT2D eigenvalue weighted by Crippen LogP contribution is -2.23. The normalized spacial score (nSPS) is 11.1. The quantitative estimate of drug-likeness (QED) is 0.380. The highest BCUT2D eigenvalue weighted by molar-refractivity contribution is 6.04. The van der Waals surface area contributed by atoms with E-state index in [1.54, 1.807) is 30.3 Å². The van der Waals surface area contributed by atoms with Crippen molar-refractivity contribution in [2.75, 3.05) is 0 Å². The van der Waals surface area contributed by atoms with Crippen molar-refractivity contribution in [1.29, 1.82) is 10.5 Å². The molecule has 0 saturated heterocycles. The minimum Gasteiger partial charge on any atom is -0.467 e. The summed E-state index contributed by atoms with van der Waals surface area (Å²) in [7, 11) is 0. The zero-order valence-corrected chi connectivity index (χ0v) is 16.6. The van der Waals surface area contributed by atoms with Crippen molar-refractivity contribution in [1.82, 2.24) is 9.88 Å². The first-order valence-corrected chi connectivity index (χ1v) is 9.67. The van der Waals surface area contributed by atoms with Crippen molar-refractivity contribution in [3.05, 3.63) is 101 Å². The van der Waals surface area contributed by atoms with Crippen molar-refractivity contribution in [3.8, 4) is 12.1 Å². The number of hydrogen-bond donors (Lipinski definition) is 1. The molecule has 150 valence electrons. The highest BCUT2D eigenvalue weighted by Crippen LogP contribution is 2.24. The first kappa shape index (κ1) is 19.8. The molecular weight excluding hydrogens is 388 g/mol. The molecule has 0 atom stereocenters. The van der Waals surface area contributed by atoms with Crippen LogP contribution in [0.25, 0.3) is 17.0 Å². The van der Waals surface area contributed by atoms with Gasteiger partial charge in [0.2, 0.25) is 0 Å². The smallest absolute Gasteiger partial charge is 0.262 e. The second-order valence-electron chi connectivity index (χ2n) is 6.97. The van der Waals surface area contributed by atoms with Crippen LogP contribution in [-0.4, -0.2) is 10.5 Å². The number of nitrogens with zero attached hydrogens (tertiary/aromatic N) is 3. The summed E-state index contributed by atoms with van der Waals surface area (Å²) in [6, 6.07) is 22.9. The Hall–Kier alpha value is -4.55. The number of carbonyl (C=O) groups excluding carboxylic acids is 1. The van der Waals surface area contributed by atoms with Crippen LogP contribution >= 0.6 is 0 Å². The number of fused-ring (bicyclic) bond motifs is 1. The number of carbonyl (C=O) groups is 1. The van der Waals surface area contributed by atoms with Gasteiger partial charge in [-0.2, -0.15) is 10.5 Å². The fraction of sp³-hybridized carbons (Fsp3) is 0.0800. The summed E-state index contributed by atoms with van der Waals surface area (Å²) in [5.74, 6) is 0.160. The van der Waals surface area contributed by atoms with E-state index in [1.165, 1.54) is 6.26 Å². The molecule has 6 nitrogen and oxygen atoms in total. The molecular formula is C25H18N4O2. The monoisotopic (exact) mass is 406 g/mol. The molecule has 4 rings (SSSR count). The molecule has 0 aliphatic carbocycles. The Morgan fingerprint density at radius 1 is 1.06 bits per heavy atom. The standard InChI is InChI=1S/C25H18N4O2/c26-13-18-7-9-19(10-8-18)16-29-17-21(23-5-1-2-6-24(23)29)12-20(14-27)25(30)28-15-22-4-3-11-31-22/h1-12,17H,15-16H2,(H,28,30)/b20-12-. The lowest BCUT2D eigenvalue weighted by atomic mass is 10.1. The van der Waals surface area contributed by atoms with Gasteiger partial charge in [0.25, 0.3) is 5.91 Å². The van der Waals surface area contributed by atoms with Gasteiger partial charge in [0.15, 0.2) is 0 Å². The Labute approximate surface area is 179 Å². The van der Waals surface area contributed by atoms with Gasteiger partial charge in [-0.25, -0.2) is 0 Å². The number of aromatic nitrogens is 1. The van der Waals surface area contributed by atoms with E-state index < -0.39 is 5.91 Å². The minimum absolute atomic E-state index is 0.0211. The molecule has 0 saturated carbocycles. The Balaban J connectivity index is 1.62. The van der Waals surface area contributed by atoms with E-state index in [9.17, 15) is 10.1 Å². The van der Waals surface area contributed by atoms with Gasteiger partial charge in [-0.1, -0.05) is 30.3 Å². The van der Waals surface area contributed by atoms with Gasteiger partial charge in [-0.15, -0.1) is 0 Å². The van der Waals surface area contributed by atoms with Gasteiger partial charge in [0, 0.05) is 29.2 Å². The largest absolute Gasteiger partial charge is 0.467 e. The average molecular weight is 406 g/mol. The molecule has 0 spiro atoms. The number of benzene rings is 2. The van der Waals surface area contributed by atoms with Gasteiger partial charge in [0.1, 0.15) is 17.4 Å². The van der Waals surface area contributed by atoms with Crippen molar-refractivity contribution < 1.29 is 9.21 Å². The molecule has 0 unspecified atom stereocenters. The number of furan rings is 1. The number of rotatable bonds is 6. The zero-order valence-electron chi connectivity index (χ0n) is 16.6. The summed E-state index contributed by atoms with van der Waals surface area (Å²) in [5.41, 5.74) is 3.46. The summed E-state index contributed by atoms with van der Waals surface area (Å²) >= 11 is 0. The Kier molecular flexibility index (Phi) is 5.64. The second kappa shape index (κ2) is 8.86. The van der Waals surface area contributed by atoms with Gasteiger partial charge in [-0.3, -0.25) is 4.79 Å². The second-order valence-corrected chi connectivity index (χ2v) is 6.97. The van der Waals surface area contributed by atoms with Crippen molar-refractivity contribution in [2.24, 2.45) is 0 Å². The molecule has 0 radical (unpaired) electrons. The molecule has 1 N–H and O–H groups in total. The predicted octanol–water partition coefficient (Wildman–Crippen LogP) is 4.38. The molecule has 6 heteroatoms. The third-order valence-electron chi connectivity index (χ3n) is 4.92. The zero-order chi connectivity index (χ0) is 21.6. The summed E-state index contributed by atoms with van der Waals surface area (Å²) in [5, 5.41) is 22.2. The number of hydrogen-bond acceptors (Lipinski definition) is 4. The average Bonchev–Trinajstić information content (AvgIpc) is 3.45. The Morgan fingerprint density at radius 3 is 2.58 bits per heavy atom. The maximum absolute atomic E-state index is 12.5. The van der Waals surface area contributed by atoms with E-state index in [-0.39, 0.29) is 12.1 Å². The fourth-order valence-corrected chi connectivity index (χ4v) is 3.38. The fourth-order valence-electron chi connectivity index (χ4n) is 3.38. The molecule has 0 bridgehead atoms. The Morgan fingerprint density at radius 2 is 1.87 bits per heavy atom. The van der Waals surface area contributed by atoms with Crippen molar-refractivity contribution in [2.45, 2.75) is 13.1 Å². The van der Waals surface area contributed by atoms with Crippen molar-refractivity contribution in [3.63, 3.8) is 0 Å². The van der Waals surface area contributed by atoms with Crippen LogP contribution < -0.4 is 5.32 Å². The van der Waals surface area contributed by atoms with Crippen molar-refractivity contribution >= 4 is 22.9 Å². The molecule has 2 heterocycles. The molecule has 31 heavy (non-hydrogen) atoms. The van der Waals surface area contributed by atoms with Crippen LogP contribution in [0, 0.1) is 22.7 Å². The molecule has 1 amide bonds. The molecule has 2 aromatic heterocycles. The number of amides is 1. The SMILES string of the molecule is N#C/C(=C/c1cn(Cc2ccc(C#N)cc2)c2ccccc12)C(=O)NCc1ccco1. The molecule has 0 aliphatic rings.